The molecule has 5 heteroatoms. The molecule has 0 saturated heterocycles. The quantitative estimate of drug-likeness (QED) is 0.582. The Balaban J connectivity index is 1.69. The van der Waals surface area contributed by atoms with Crippen molar-refractivity contribution in [3.05, 3.63) is 83.1 Å². The molecule has 1 aromatic heterocycles. The second-order valence-corrected chi connectivity index (χ2v) is 5.42. The molecular formula is C20H15N3O2. The Labute approximate surface area is 145 Å². The second kappa shape index (κ2) is 7.28. The summed E-state index contributed by atoms with van der Waals surface area (Å²) >= 11 is 0. The van der Waals surface area contributed by atoms with Gasteiger partial charge in [-0.1, -0.05) is 29.8 Å². The molecule has 1 heterocycles. The predicted octanol–water partition coefficient (Wildman–Crippen LogP) is 3.89. The van der Waals surface area contributed by atoms with E-state index in [2.05, 4.69) is 16.6 Å². The summed E-state index contributed by atoms with van der Waals surface area (Å²) in [7, 11) is 0. The number of amides is 1. The molecule has 1 N–H and O–H groups in total. The van der Waals surface area contributed by atoms with Gasteiger partial charge in [0.25, 0.3) is 5.91 Å². The first-order valence-electron chi connectivity index (χ1n) is 7.67. The number of hydrogen-bond acceptors (Lipinski definition) is 4. The van der Waals surface area contributed by atoms with Gasteiger partial charge in [0.2, 0.25) is 0 Å². The summed E-state index contributed by atoms with van der Waals surface area (Å²) in [6.07, 6.45) is 1.42. The molecule has 0 aliphatic rings. The molecule has 0 spiro atoms. The lowest BCUT2D eigenvalue weighted by Crippen LogP contribution is -2.17. The van der Waals surface area contributed by atoms with Crippen LogP contribution in [0, 0.1) is 18.3 Å². The van der Waals surface area contributed by atoms with E-state index in [0.29, 0.717) is 28.2 Å². The number of aryl methyl sites for hydroxylation is 1. The molecular weight excluding hydrogens is 314 g/mol. The molecule has 5 nitrogen and oxygen atoms in total. The standard InChI is InChI=1S/C20H15N3O2/c1-14-6-8-15(9-7-14)20(24)23-22-13-17-10-11-19(25-17)18-5-3-2-4-16(18)12-21/h2-11,13H,1H3,(H,23,24)/b22-13+. The van der Waals surface area contributed by atoms with Crippen molar-refractivity contribution in [2.75, 3.05) is 0 Å². The fourth-order valence-corrected chi connectivity index (χ4v) is 2.29. The van der Waals surface area contributed by atoms with Crippen LogP contribution in [0.3, 0.4) is 0 Å². The molecule has 3 rings (SSSR count). The van der Waals surface area contributed by atoms with Crippen LogP contribution in [0.2, 0.25) is 0 Å². The molecule has 0 bridgehead atoms. The van der Waals surface area contributed by atoms with Crippen LogP contribution in [0.15, 0.2) is 70.2 Å². The summed E-state index contributed by atoms with van der Waals surface area (Å²) in [5.41, 5.74) is 5.33. The van der Waals surface area contributed by atoms with Crippen molar-refractivity contribution in [3.63, 3.8) is 0 Å². The summed E-state index contributed by atoms with van der Waals surface area (Å²) < 4.78 is 5.66. The van der Waals surface area contributed by atoms with E-state index in [0.717, 1.165) is 5.56 Å². The van der Waals surface area contributed by atoms with Gasteiger partial charge in [-0.05, 0) is 43.3 Å². The van der Waals surface area contributed by atoms with Crippen molar-refractivity contribution in [1.29, 1.82) is 5.26 Å². The van der Waals surface area contributed by atoms with Gasteiger partial charge >= 0.3 is 0 Å². The maximum atomic E-state index is 12.0. The SMILES string of the molecule is Cc1ccc(C(=O)N/N=C/c2ccc(-c3ccccc3C#N)o2)cc1. The highest BCUT2D eigenvalue weighted by atomic mass is 16.3. The van der Waals surface area contributed by atoms with Gasteiger partial charge in [0.15, 0.2) is 0 Å². The average molecular weight is 329 g/mol. The highest BCUT2D eigenvalue weighted by Crippen LogP contribution is 2.24. The molecule has 0 unspecified atom stereocenters. The van der Waals surface area contributed by atoms with Gasteiger partial charge in [0, 0.05) is 11.1 Å². The zero-order valence-electron chi connectivity index (χ0n) is 13.6. The van der Waals surface area contributed by atoms with Gasteiger partial charge in [-0.2, -0.15) is 10.4 Å². The van der Waals surface area contributed by atoms with Crippen LogP contribution >= 0.6 is 0 Å². The number of hydrazone groups is 1. The molecule has 122 valence electrons. The Morgan fingerprint density at radius 1 is 1.12 bits per heavy atom. The summed E-state index contributed by atoms with van der Waals surface area (Å²) in [5.74, 6) is 0.758. The van der Waals surface area contributed by atoms with Gasteiger partial charge < -0.3 is 4.42 Å². The largest absolute Gasteiger partial charge is 0.455 e. The van der Waals surface area contributed by atoms with E-state index >= 15 is 0 Å². The maximum absolute atomic E-state index is 12.0. The van der Waals surface area contributed by atoms with E-state index in [4.69, 9.17) is 9.68 Å². The van der Waals surface area contributed by atoms with Gasteiger partial charge in [0.05, 0.1) is 17.8 Å². The van der Waals surface area contributed by atoms with Crippen LogP contribution < -0.4 is 5.43 Å². The summed E-state index contributed by atoms with van der Waals surface area (Å²) in [4.78, 5) is 12.0. The van der Waals surface area contributed by atoms with E-state index in [1.54, 1.807) is 36.4 Å². The normalized spacial score (nSPS) is 10.6. The predicted molar refractivity (Wildman–Crippen MR) is 95.1 cm³/mol. The molecule has 0 radical (unpaired) electrons. The van der Waals surface area contributed by atoms with Crippen molar-refractivity contribution in [2.24, 2.45) is 5.10 Å². The smallest absolute Gasteiger partial charge is 0.271 e. The monoisotopic (exact) mass is 329 g/mol. The van der Waals surface area contributed by atoms with E-state index in [1.165, 1.54) is 6.21 Å². The maximum Gasteiger partial charge on any atom is 0.271 e. The van der Waals surface area contributed by atoms with E-state index < -0.39 is 0 Å². The molecule has 0 aliphatic carbocycles. The fourth-order valence-electron chi connectivity index (χ4n) is 2.29. The summed E-state index contributed by atoms with van der Waals surface area (Å²) in [6, 6.07) is 20.0. The van der Waals surface area contributed by atoms with E-state index in [-0.39, 0.29) is 5.91 Å². The first kappa shape index (κ1) is 16.2. The minimum Gasteiger partial charge on any atom is -0.455 e. The number of carbonyl (C=O) groups is 1. The lowest BCUT2D eigenvalue weighted by atomic mass is 10.1. The first-order chi connectivity index (χ1) is 12.2. The molecule has 2 aromatic carbocycles. The average Bonchev–Trinajstić information content (AvgIpc) is 3.11. The lowest BCUT2D eigenvalue weighted by Gasteiger charge is -2.00. The Kier molecular flexibility index (Phi) is 4.72. The zero-order chi connectivity index (χ0) is 17.6. The van der Waals surface area contributed by atoms with Crippen molar-refractivity contribution in [1.82, 2.24) is 5.43 Å². The Hall–Kier alpha value is -3.65. The highest BCUT2D eigenvalue weighted by Gasteiger charge is 2.08. The third-order valence-electron chi connectivity index (χ3n) is 3.61. The number of nitriles is 1. The number of carbonyl (C=O) groups excluding carboxylic acids is 1. The fraction of sp³-hybridized carbons (Fsp3) is 0.0500. The molecule has 3 aromatic rings. The molecule has 0 atom stereocenters. The minimum atomic E-state index is -0.294. The zero-order valence-corrected chi connectivity index (χ0v) is 13.6. The van der Waals surface area contributed by atoms with Crippen LogP contribution in [0.5, 0.6) is 0 Å². The van der Waals surface area contributed by atoms with Crippen LogP contribution in [-0.2, 0) is 0 Å². The molecule has 25 heavy (non-hydrogen) atoms. The molecule has 0 saturated carbocycles. The van der Waals surface area contributed by atoms with E-state index in [9.17, 15) is 4.79 Å². The number of benzene rings is 2. The van der Waals surface area contributed by atoms with Gasteiger partial charge in [-0.25, -0.2) is 5.43 Å². The van der Waals surface area contributed by atoms with Gasteiger partial charge in [-0.3, -0.25) is 4.79 Å². The number of hydrogen-bond donors (Lipinski definition) is 1. The summed E-state index contributed by atoms with van der Waals surface area (Å²) in [5, 5.41) is 13.1. The Bertz CT molecular complexity index is 963. The first-order valence-corrected chi connectivity index (χ1v) is 7.67. The minimum absolute atomic E-state index is 0.294. The van der Waals surface area contributed by atoms with Crippen molar-refractivity contribution < 1.29 is 9.21 Å². The molecule has 0 aliphatic heterocycles. The molecule has 1 amide bonds. The summed E-state index contributed by atoms with van der Waals surface area (Å²) in [6.45, 7) is 1.96. The highest BCUT2D eigenvalue weighted by molar-refractivity contribution is 5.94. The van der Waals surface area contributed by atoms with Crippen LogP contribution in [0.4, 0.5) is 0 Å². The number of furan rings is 1. The number of rotatable bonds is 4. The topological polar surface area (TPSA) is 78.4 Å². The number of nitrogens with zero attached hydrogens (tertiary/aromatic N) is 2. The van der Waals surface area contributed by atoms with Gasteiger partial charge in [-0.15, -0.1) is 0 Å². The second-order valence-electron chi connectivity index (χ2n) is 5.42. The van der Waals surface area contributed by atoms with Crippen LogP contribution in [0.1, 0.15) is 27.2 Å². The Morgan fingerprint density at radius 2 is 1.88 bits per heavy atom. The van der Waals surface area contributed by atoms with Crippen LogP contribution in [0.25, 0.3) is 11.3 Å². The third kappa shape index (κ3) is 3.82. The van der Waals surface area contributed by atoms with Crippen molar-refractivity contribution >= 4 is 12.1 Å². The van der Waals surface area contributed by atoms with E-state index in [1.807, 2.05) is 31.2 Å². The number of nitrogens with one attached hydrogen (secondary N) is 1. The third-order valence-corrected chi connectivity index (χ3v) is 3.61. The van der Waals surface area contributed by atoms with Crippen molar-refractivity contribution in [3.8, 4) is 17.4 Å². The van der Waals surface area contributed by atoms with Crippen molar-refractivity contribution in [2.45, 2.75) is 6.92 Å². The molecule has 0 fully saturated rings. The van der Waals surface area contributed by atoms with Crippen LogP contribution in [-0.4, -0.2) is 12.1 Å². The lowest BCUT2D eigenvalue weighted by molar-refractivity contribution is 0.0955. The van der Waals surface area contributed by atoms with Gasteiger partial charge in [0.1, 0.15) is 11.5 Å². The Morgan fingerprint density at radius 3 is 2.64 bits per heavy atom.